The summed E-state index contributed by atoms with van der Waals surface area (Å²) in [5.74, 6) is 0. The predicted molar refractivity (Wildman–Crippen MR) is 83.2 cm³/mol. The third-order valence-corrected chi connectivity index (χ3v) is 4.82. The van der Waals surface area contributed by atoms with Gasteiger partial charge in [-0.1, -0.05) is 13.0 Å². The molecule has 0 spiro atoms. The van der Waals surface area contributed by atoms with Crippen LogP contribution in [0.1, 0.15) is 52.6 Å². The van der Waals surface area contributed by atoms with Gasteiger partial charge in [-0.15, -0.1) is 11.3 Å². The summed E-state index contributed by atoms with van der Waals surface area (Å²) >= 11 is 1.81. The van der Waals surface area contributed by atoms with Crippen molar-refractivity contribution in [1.29, 1.82) is 0 Å². The Morgan fingerprint density at radius 1 is 1.35 bits per heavy atom. The second-order valence-corrected chi connectivity index (χ2v) is 6.75. The topological polar surface area (TPSA) is 37.8 Å². The molecule has 1 unspecified atom stereocenters. The maximum atomic E-state index is 4.84. The van der Waals surface area contributed by atoms with E-state index >= 15 is 0 Å². The highest BCUT2D eigenvalue weighted by atomic mass is 32.1. The molecule has 0 bridgehead atoms. The van der Waals surface area contributed by atoms with Crippen LogP contribution in [0.3, 0.4) is 0 Å². The maximum absolute atomic E-state index is 4.84. The van der Waals surface area contributed by atoms with E-state index in [0.717, 1.165) is 12.1 Å². The van der Waals surface area contributed by atoms with Crippen LogP contribution < -0.4 is 5.32 Å². The number of hydrogen-bond donors (Lipinski definition) is 1. The number of hydrogen-bond acceptors (Lipinski definition) is 4. The number of nitrogens with one attached hydrogen (secondary N) is 1. The van der Waals surface area contributed by atoms with Gasteiger partial charge in [-0.05, 0) is 44.7 Å². The lowest BCUT2D eigenvalue weighted by molar-refractivity contribution is 0.595. The van der Waals surface area contributed by atoms with Gasteiger partial charge in [0, 0.05) is 22.8 Å². The lowest BCUT2D eigenvalue weighted by Crippen LogP contribution is -2.24. The standard InChI is InChI=1S/C16H21N3S/c1-4-14-11(3)20-16(19-14)15(18-13-7-8-13)12-6-5-10(2)17-9-12/h5-6,9,13,15,18H,4,7-8H2,1-3H3. The molecule has 1 saturated carbocycles. The molecule has 0 aliphatic heterocycles. The minimum atomic E-state index is 0.194. The molecule has 3 nitrogen and oxygen atoms in total. The van der Waals surface area contributed by atoms with E-state index in [4.69, 9.17) is 4.98 Å². The monoisotopic (exact) mass is 287 g/mol. The van der Waals surface area contributed by atoms with Crippen molar-refractivity contribution in [1.82, 2.24) is 15.3 Å². The van der Waals surface area contributed by atoms with Gasteiger partial charge in [0.15, 0.2) is 0 Å². The number of rotatable bonds is 5. The molecule has 0 aromatic carbocycles. The molecule has 1 N–H and O–H groups in total. The maximum Gasteiger partial charge on any atom is 0.115 e. The van der Waals surface area contributed by atoms with Crippen LogP contribution in [0.5, 0.6) is 0 Å². The molecule has 0 saturated heterocycles. The summed E-state index contributed by atoms with van der Waals surface area (Å²) in [4.78, 5) is 10.6. The van der Waals surface area contributed by atoms with E-state index in [1.807, 2.05) is 24.5 Å². The van der Waals surface area contributed by atoms with Gasteiger partial charge in [0.2, 0.25) is 0 Å². The zero-order valence-corrected chi connectivity index (χ0v) is 13.1. The highest BCUT2D eigenvalue weighted by molar-refractivity contribution is 7.11. The number of nitrogens with zero attached hydrogens (tertiary/aromatic N) is 2. The molecule has 1 fully saturated rings. The predicted octanol–water partition coefficient (Wildman–Crippen LogP) is 3.56. The summed E-state index contributed by atoms with van der Waals surface area (Å²) in [5, 5.41) is 4.89. The van der Waals surface area contributed by atoms with Crippen molar-refractivity contribution in [3.8, 4) is 0 Å². The van der Waals surface area contributed by atoms with Gasteiger partial charge in [0.1, 0.15) is 5.01 Å². The molecule has 106 valence electrons. The van der Waals surface area contributed by atoms with E-state index in [2.05, 4.69) is 36.3 Å². The molecule has 2 heterocycles. The van der Waals surface area contributed by atoms with Crippen molar-refractivity contribution in [2.24, 2.45) is 0 Å². The Morgan fingerprint density at radius 3 is 2.70 bits per heavy atom. The Morgan fingerprint density at radius 2 is 2.15 bits per heavy atom. The van der Waals surface area contributed by atoms with Gasteiger partial charge in [-0.3, -0.25) is 4.98 Å². The summed E-state index contributed by atoms with van der Waals surface area (Å²) in [6.07, 6.45) is 5.55. The second kappa shape index (κ2) is 5.62. The first-order valence-electron chi connectivity index (χ1n) is 7.32. The van der Waals surface area contributed by atoms with E-state index in [9.17, 15) is 0 Å². The lowest BCUT2D eigenvalue weighted by atomic mass is 10.1. The van der Waals surface area contributed by atoms with Gasteiger partial charge >= 0.3 is 0 Å². The van der Waals surface area contributed by atoms with Gasteiger partial charge in [-0.25, -0.2) is 4.98 Å². The first-order chi connectivity index (χ1) is 9.67. The van der Waals surface area contributed by atoms with E-state index in [-0.39, 0.29) is 6.04 Å². The molecule has 0 amide bonds. The first-order valence-corrected chi connectivity index (χ1v) is 8.13. The van der Waals surface area contributed by atoms with Crippen molar-refractivity contribution in [3.05, 3.63) is 45.2 Å². The largest absolute Gasteiger partial charge is 0.301 e. The van der Waals surface area contributed by atoms with E-state index in [0.29, 0.717) is 6.04 Å². The highest BCUT2D eigenvalue weighted by Gasteiger charge is 2.28. The van der Waals surface area contributed by atoms with Gasteiger partial charge in [-0.2, -0.15) is 0 Å². The Labute approximate surface area is 124 Å². The molecular weight excluding hydrogens is 266 g/mol. The van der Waals surface area contributed by atoms with Crippen molar-refractivity contribution >= 4 is 11.3 Å². The fourth-order valence-electron chi connectivity index (χ4n) is 2.35. The molecule has 2 aromatic rings. The molecule has 1 aliphatic carbocycles. The van der Waals surface area contributed by atoms with Gasteiger partial charge < -0.3 is 5.32 Å². The van der Waals surface area contributed by atoms with Crippen molar-refractivity contribution in [2.75, 3.05) is 0 Å². The average molecular weight is 287 g/mol. The van der Waals surface area contributed by atoms with Crippen LogP contribution in [0.4, 0.5) is 0 Å². The lowest BCUT2D eigenvalue weighted by Gasteiger charge is -2.16. The molecule has 2 aromatic heterocycles. The summed E-state index contributed by atoms with van der Waals surface area (Å²) < 4.78 is 0. The fraction of sp³-hybridized carbons (Fsp3) is 0.500. The van der Waals surface area contributed by atoms with Crippen LogP contribution in [-0.4, -0.2) is 16.0 Å². The smallest absolute Gasteiger partial charge is 0.115 e. The zero-order valence-electron chi connectivity index (χ0n) is 12.3. The van der Waals surface area contributed by atoms with E-state index in [1.165, 1.54) is 34.0 Å². The second-order valence-electron chi connectivity index (χ2n) is 5.52. The number of thiazole rings is 1. The third-order valence-electron chi connectivity index (χ3n) is 3.74. The molecule has 20 heavy (non-hydrogen) atoms. The summed E-state index contributed by atoms with van der Waals surface area (Å²) in [7, 11) is 0. The van der Waals surface area contributed by atoms with Crippen LogP contribution in [-0.2, 0) is 6.42 Å². The molecule has 1 atom stereocenters. The van der Waals surface area contributed by atoms with Crippen LogP contribution in [0.2, 0.25) is 0 Å². The SMILES string of the molecule is CCc1nc(C(NC2CC2)c2ccc(C)nc2)sc1C. The summed E-state index contributed by atoms with van der Waals surface area (Å²) in [6.45, 7) is 6.36. The third kappa shape index (κ3) is 2.91. The Kier molecular flexibility index (Phi) is 3.85. The van der Waals surface area contributed by atoms with Crippen molar-refractivity contribution in [2.45, 2.75) is 52.1 Å². The zero-order chi connectivity index (χ0) is 14.1. The minimum Gasteiger partial charge on any atom is -0.301 e. The highest BCUT2D eigenvalue weighted by Crippen LogP contribution is 2.32. The summed E-state index contributed by atoms with van der Waals surface area (Å²) in [6, 6.07) is 5.10. The van der Waals surface area contributed by atoms with Crippen LogP contribution in [0, 0.1) is 13.8 Å². The molecule has 1 aliphatic rings. The number of pyridine rings is 1. The number of aryl methyl sites for hydroxylation is 3. The van der Waals surface area contributed by atoms with E-state index < -0.39 is 0 Å². The fourth-order valence-corrected chi connectivity index (χ4v) is 3.45. The van der Waals surface area contributed by atoms with Crippen LogP contribution >= 0.6 is 11.3 Å². The average Bonchev–Trinajstić information content (AvgIpc) is 3.19. The number of aromatic nitrogens is 2. The summed E-state index contributed by atoms with van der Waals surface area (Å²) in [5.41, 5.74) is 3.51. The van der Waals surface area contributed by atoms with Crippen LogP contribution in [0.15, 0.2) is 18.3 Å². The van der Waals surface area contributed by atoms with E-state index in [1.54, 1.807) is 0 Å². The van der Waals surface area contributed by atoms with Gasteiger partial charge in [0.25, 0.3) is 0 Å². The quantitative estimate of drug-likeness (QED) is 0.913. The van der Waals surface area contributed by atoms with Crippen molar-refractivity contribution in [3.63, 3.8) is 0 Å². The van der Waals surface area contributed by atoms with Crippen molar-refractivity contribution < 1.29 is 0 Å². The Bertz CT molecular complexity index is 584. The molecule has 4 heteroatoms. The molecule has 3 rings (SSSR count). The first kappa shape index (κ1) is 13.7. The molecule has 0 radical (unpaired) electrons. The molecular formula is C16H21N3S. The van der Waals surface area contributed by atoms with Gasteiger partial charge in [0.05, 0.1) is 11.7 Å². The minimum absolute atomic E-state index is 0.194. The van der Waals surface area contributed by atoms with Crippen LogP contribution in [0.25, 0.3) is 0 Å². The normalized spacial score (nSPS) is 16.4. The Balaban J connectivity index is 1.93. The Hall–Kier alpha value is -1.26.